The molecule has 2 rings (SSSR count). The second kappa shape index (κ2) is 6.73. The summed E-state index contributed by atoms with van der Waals surface area (Å²) in [6.07, 6.45) is 0.891. The minimum atomic E-state index is -0.974. The van der Waals surface area contributed by atoms with E-state index in [1.807, 2.05) is 19.9 Å². The van der Waals surface area contributed by atoms with Gasteiger partial charge in [-0.3, -0.25) is 19.3 Å². The average Bonchev–Trinajstić information content (AvgIpc) is 2.79. The number of aldehydes is 1. The monoisotopic (exact) mass is 316 g/mol. The van der Waals surface area contributed by atoms with Gasteiger partial charge in [0, 0.05) is 13.5 Å². The molecule has 0 aliphatic carbocycles. The number of amides is 3. The van der Waals surface area contributed by atoms with Crippen LogP contribution in [0.4, 0.5) is 0 Å². The number of imide groups is 1. The summed E-state index contributed by atoms with van der Waals surface area (Å²) in [5, 5.41) is 2.46. The Morgan fingerprint density at radius 1 is 1.26 bits per heavy atom. The number of benzene rings is 1. The van der Waals surface area contributed by atoms with Crippen LogP contribution in [0.1, 0.15) is 58.9 Å². The molecule has 1 aliphatic heterocycles. The fraction of sp³-hybridized carbons (Fsp3) is 0.412. The van der Waals surface area contributed by atoms with Crippen LogP contribution in [0.5, 0.6) is 0 Å². The van der Waals surface area contributed by atoms with Crippen molar-refractivity contribution < 1.29 is 19.2 Å². The maximum Gasteiger partial charge on any atom is 0.262 e. The fourth-order valence-electron chi connectivity index (χ4n) is 2.86. The smallest absolute Gasteiger partial charge is 0.262 e. The maximum atomic E-state index is 12.8. The lowest BCUT2D eigenvalue weighted by Crippen LogP contribution is -2.48. The van der Waals surface area contributed by atoms with E-state index in [0.717, 1.165) is 10.5 Å². The van der Waals surface area contributed by atoms with Crippen molar-refractivity contribution in [2.24, 2.45) is 0 Å². The minimum Gasteiger partial charge on any atom is -0.357 e. The van der Waals surface area contributed by atoms with Gasteiger partial charge in [-0.25, -0.2) is 0 Å². The summed E-state index contributed by atoms with van der Waals surface area (Å²) >= 11 is 0. The van der Waals surface area contributed by atoms with Gasteiger partial charge >= 0.3 is 0 Å². The second-order valence-corrected chi connectivity index (χ2v) is 5.78. The van der Waals surface area contributed by atoms with Gasteiger partial charge in [0.25, 0.3) is 11.8 Å². The first-order valence-corrected chi connectivity index (χ1v) is 7.60. The third kappa shape index (κ3) is 2.88. The summed E-state index contributed by atoms with van der Waals surface area (Å²) in [5.41, 5.74) is 1.48. The topological polar surface area (TPSA) is 83.6 Å². The number of fused-ring (bicyclic) bond motifs is 1. The Bertz CT molecular complexity index is 667. The van der Waals surface area contributed by atoms with Crippen LogP contribution < -0.4 is 5.32 Å². The van der Waals surface area contributed by atoms with Crippen LogP contribution in [0.2, 0.25) is 0 Å². The van der Waals surface area contributed by atoms with Crippen LogP contribution in [0.15, 0.2) is 18.2 Å². The van der Waals surface area contributed by atoms with Crippen molar-refractivity contribution in [3.63, 3.8) is 0 Å². The summed E-state index contributed by atoms with van der Waals surface area (Å²) in [6, 6.07) is 4.18. The number of carbonyl (C=O) groups excluding carboxylic acids is 4. The number of likely N-dealkylation sites (N-methyl/N-ethyl adjacent to an activating group) is 1. The van der Waals surface area contributed by atoms with E-state index in [9.17, 15) is 19.2 Å². The van der Waals surface area contributed by atoms with Crippen molar-refractivity contribution in [1.82, 2.24) is 10.2 Å². The molecule has 1 heterocycles. The lowest BCUT2D eigenvalue weighted by Gasteiger charge is -2.24. The first kappa shape index (κ1) is 16.9. The van der Waals surface area contributed by atoms with Gasteiger partial charge in [0.1, 0.15) is 12.3 Å². The van der Waals surface area contributed by atoms with Gasteiger partial charge in [-0.1, -0.05) is 26.0 Å². The second-order valence-electron chi connectivity index (χ2n) is 5.78. The van der Waals surface area contributed by atoms with Gasteiger partial charge in [-0.2, -0.15) is 0 Å². The molecule has 1 aliphatic rings. The van der Waals surface area contributed by atoms with E-state index in [-0.39, 0.29) is 18.8 Å². The molecule has 6 heteroatoms. The zero-order valence-corrected chi connectivity index (χ0v) is 13.5. The predicted molar refractivity (Wildman–Crippen MR) is 84.2 cm³/mol. The standard InChI is InChI=1S/C17H20N2O4/c1-10(2)11-6-4-7-12-14(11)17(23)19(16(12)22)13(8-5-9-20)15(21)18-3/h4,6-7,9-10,13H,5,8H2,1-3H3,(H,18,21). The Labute approximate surface area is 134 Å². The number of hydrogen-bond acceptors (Lipinski definition) is 4. The van der Waals surface area contributed by atoms with E-state index < -0.39 is 23.8 Å². The molecular formula is C17H20N2O4. The first-order valence-electron chi connectivity index (χ1n) is 7.60. The predicted octanol–water partition coefficient (Wildman–Crippen LogP) is 1.50. The highest BCUT2D eigenvalue weighted by Gasteiger charge is 2.43. The van der Waals surface area contributed by atoms with Crippen LogP contribution in [0, 0.1) is 0 Å². The molecule has 0 saturated carbocycles. The average molecular weight is 316 g/mol. The Morgan fingerprint density at radius 2 is 1.96 bits per heavy atom. The molecule has 1 aromatic rings. The third-order valence-electron chi connectivity index (χ3n) is 4.02. The van der Waals surface area contributed by atoms with E-state index in [2.05, 4.69) is 5.32 Å². The Balaban J connectivity index is 2.48. The Hall–Kier alpha value is -2.50. The van der Waals surface area contributed by atoms with Crippen molar-refractivity contribution in [3.8, 4) is 0 Å². The molecule has 1 N–H and O–H groups in total. The minimum absolute atomic E-state index is 0.0788. The lowest BCUT2D eigenvalue weighted by atomic mass is 9.94. The van der Waals surface area contributed by atoms with E-state index in [1.165, 1.54) is 7.05 Å². The zero-order chi connectivity index (χ0) is 17.1. The number of hydrogen-bond donors (Lipinski definition) is 1. The summed E-state index contributed by atoms with van der Waals surface area (Å²) < 4.78 is 0. The summed E-state index contributed by atoms with van der Waals surface area (Å²) in [4.78, 5) is 49.2. The summed E-state index contributed by atoms with van der Waals surface area (Å²) in [7, 11) is 1.44. The number of rotatable bonds is 6. The normalized spacial score (nSPS) is 14.9. The Morgan fingerprint density at radius 3 is 2.52 bits per heavy atom. The molecule has 1 unspecified atom stereocenters. The van der Waals surface area contributed by atoms with Gasteiger partial charge in [-0.15, -0.1) is 0 Å². The van der Waals surface area contributed by atoms with Gasteiger partial charge in [-0.05, 0) is 24.0 Å². The highest BCUT2D eigenvalue weighted by atomic mass is 16.2. The van der Waals surface area contributed by atoms with E-state index in [4.69, 9.17) is 0 Å². The molecule has 0 bridgehead atoms. The highest BCUT2D eigenvalue weighted by Crippen LogP contribution is 2.32. The van der Waals surface area contributed by atoms with Crippen LogP contribution in [-0.2, 0) is 9.59 Å². The molecule has 23 heavy (non-hydrogen) atoms. The van der Waals surface area contributed by atoms with Crippen LogP contribution in [0.25, 0.3) is 0 Å². The van der Waals surface area contributed by atoms with Crippen LogP contribution in [-0.4, -0.2) is 42.0 Å². The third-order valence-corrected chi connectivity index (χ3v) is 4.02. The Kier molecular flexibility index (Phi) is 4.93. The molecule has 0 radical (unpaired) electrons. The van der Waals surface area contributed by atoms with Crippen molar-refractivity contribution >= 4 is 24.0 Å². The number of carbonyl (C=O) groups is 4. The van der Waals surface area contributed by atoms with Gasteiger partial charge in [0.15, 0.2) is 0 Å². The molecule has 0 spiro atoms. The van der Waals surface area contributed by atoms with Crippen molar-refractivity contribution in [2.45, 2.75) is 38.6 Å². The van der Waals surface area contributed by atoms with E-state index in [0.29, 0.717) is 17.4 Å². The van der Waals surface area contributed by atoms with Crippen LogP contribution >= 0.6 is 0 Å². The van der Waals surface area contributed by atoms with Crippen molar-refractivity contribution in [2.75, 3.05) is 7.05 Å². The molecule has 6 nitrogen and oxygen atoms in total. The zero-order valence-electron chi connectivity index (χ0n) is 13.5. The summed E-state index contributed by atoms with van der Waals surface area (Å²) in [5.74, 6) is -1.32. The SMILES string of the molecule is CNC(=O)C(CCC=O)N1C(=O)c2cccc(C(C)C)c2C1=O. The molecule has 1 atom stereocenters. The molecule has 0 saturated heterocycles. The number of nitrogens with zero attached hydrogens (tertiary/aromatic N) is 1. The van der Waals surface area contributed by atoms with Gasteiger partial charge in [0.05, 0.1) is 11.1 Å². The van der Waals surface area contributed by atoms with Gasteiger partial charge in [0.2, 0.25) is 5.91 Å². The first-order chi connectivity index (χ1) is 10.9. The van der Waals surface area contributed by atoms with Crippen LogP contribution in [0.3, 0.4) is 0 Å². The quantitative estimate of drug-likeness (QED) is 0.637. The number of nitrogens with one attached hydrogen (secondary N) is 1. The van der Waals surface area contributed by atoms with Gasteiger partial charge < -0.3 is 10.1 Å². The molecule has 122 valence electrons. The largest absolute Gasteiger partial charge is 0.357 e. The van der Waals surface area contributed by atoms with Crippen molar-refractivity contribution in [1.29, 1.82) is 0 Å². The molecular weight excluding hydrogens is 296 g/mol. The van der Waals surface area contributed by atoms with E-state index in [1.54, 1.807) is 12.1 Å². The maximum absolute atomic E-state index is 12.8. The molecule has 1 aromatic carbocycles. The molecule has 3 amide bonds. The highest BCUT2D eigenvalue weighted by molar-refractivity contribution is 6.23. The lowest BCUT2D eigenvalue weighted by molar-refractivity contribution is -0.124. The fourth-order valence-corrected chi connectivity index (χ4v) is 2.86. The van der Waals surface area contributed by atoms with E-state index >= 15 is 0 Å². The molecule has 0 aromatic heterocycles. The molecule has 0 fully saturated rings. The van der Waals surface area contributed by atoms with Crippen molar-refractivity contribution in [3.05, 3.63) is 34.9 Å². The summed E-state index contributed by atoms with van der Waals surface area (Å²) in [6.45, 7) is 3.89.